The van der Waals surface area contributed by atoms with Gasteiger partial charge in [0.05, 0.1) is 30.2 Å². The predicted octanol–water partition coefficient (Wildman–Crippen LogP) is 1.18. The number of esters is 2. The number of carboxylic acid groups (broad SMARTS) is 1. The van der Waals surface area contributed by atoms with E-state index in [1.807, 2.05) is 6.92 Å². The first-order valence-corrected chi connectivity index (χ1v) is 9.21. The second kappa shape index (κ2) is 9.30. The first-order chi connectivity index (χ1) is 12.2. The Bertz CT molecular complexity index is 753. The third kappa shape index (κ3) is 5.53. The van der Waals surface area contributed by atoms with Gasteiger partial charge in [-0.05, 0) is 24.6 Å². The minimum Gasteiger partial charge on any atom is -0.480 e. The molecular weight excluding hydrogens is 366 g/mol. The fourth-order valence-corrected chi connectivity index (χ4v) is 3.42. The number of carboxylic acids is 1. The zero-order chi connectivity index (χ0) is 19.9. The number of sulfonamides is 1. The van der Waals surface area contributed by atoms with E-state index in [0.29, 0.717) is 12.8 Å². The Kier molecular flexibility index (Phi) is 7.72. The highest BCUT2D eigenvalue weighted by Gasteiger charge is 2.27. The zero-order valence-electron chi connectivity index (χ0n) is 14.6. The van der Waals surface area contributed by atoms with Gasteiger partial charge in [-0.25, -0.2) is 18.0 Å². The topological polar surface area (TPSA) is 136 Å². The number of carbonyl (C=O) groups is 3. The molecule has 10 heteroatoms. The van der Waals surface area contributed by atoms with Crippen molar-refractivity contribution < 1.29 is 37.4 Å². The summed E-state index contributed by atoms with van der Waals surface area (Å²) in [7, 11) is -2.11. The lowest BCUT2D eigenvalue weighted by molar-refractivity contribution is -0.139. The lowest BCUT2D eigenvalue weighted by Crippen LogP contribution is -2.40. The molecule has 144 valence electrons. The van der Waals surface area contributed by atoms with Crippen molar-refractivity contribution in [1.82, 2.24) is 4.72 Å². The summed E-state index contributed by atoms with van der Waals surface area (Å²) in [5, 5.41) is 9.20. The molecule has 0 fully saturated rings. The number of rotatable bonds is 9. The van der Waals surface area contributed by atoms with Gasteiger partial charge in [0.2, 0.25) is 10.0 Å². The van der Waals surface area contributed by atoms with Crippen molar-refractivity contribution >= 4 is 27.9 Å². The van der Waals surface area contributed by atoms with Crippen molar-refractivity contribution in [3.05, 3.63) is 29.3 Å². The molecule has 26 heavy (non-hydrogen) atoms. The van der Waals surface area contributed by atoms with Crippen LogP contribution in [-0.2, 0) is 24.3 Å². The molecular formula is C16H21NO8S. The van der Waals surface area contributed by atoms with Crippen LogP contribution in [0.15, 0.2) is 23.1 Å². The summed E-state index contributed by atoms with van der Waals surface area (Å²) in [6.45, 7) is 1.84. The van der Waals surface area contributed by atoms with Gasteiger partial charge in [-0.15, -0.1) is 0 Å². The molecule has 0 unspecified atom stereocenters. The summed E-state index contributed by atoms with van der Waals surface area (Å²) < 4.78 is 36.3. The van der Waals surface area contributed by atoms with E-state index >= 15 is 0 Å². The van der Waals surface area contributed by atoms with Gasteiger partial charge in [0.25, 0.3) is 0 Å². The molecule has 1 rings (SSSR count). The van der Waals surface area contributed by atoms with Crippen LogP contribution in [0, 0.1) is 0 Å². The number of benzene rings is 1. The van der Waals surface area contributed by atoms with Crippen molar-refractivity contribution in [3.63, 3.8) is 0 Å². The molecule has 1 aromatic rings. The molecule has 1 aromatic carbocycles. The molecule has 0 radical (unpaired) electrons. The molecule has 0 saturated carbocycles. The Labute approximate surface area is 151 Å². The van der Waals surface area contributed by atoms with Crippen LogP contribution in [0.2, 0.25) is 0 Å². The number of hydrogen-bond acceptors (Lipinski definition) is 7. The van der Waals surface area contributed by atoms with Crippen molar-refractivity contribution in [2.75, 3.05) is 14.2 Å². The molecule has 0 heterocycles. The minimum absolute atomic E-state index is 0.103. The van der Waals surface area contributed by atoms with E-state index < -0.39 is 38.9 Å². The Morgan fingerprint density at radius 3 is 1.96 bits per heavy atom. The predicted molar refractivity (Wildman–Crippen MR) is 90.4 cm³/mol. The summed E-state index contributed by atoms with van der Waals surface area (Å²) in [6.07, 6.45) is 1.30. The highest BCUT2D eigenvalue weighted by atomic mass is 32.2. The molecule has 9 nitrogen and oxygen atoms in total. The van der Waals surface area contributed by atoms with Gasteiger partial charge in [-0.1, -0.05) is 19.8 Å². The van der Waals surface area contributed by atoms with Crippen LogP contribution in [0.3, 0.4) is 0 Å². The Morgan fingerprint density at radius 1 is 1.08 bits per heavy atom. The highest BCUT2D eigenvalue weighted by molar-refractivity contribution is 7.89. The standard InChI is InChI=1S/C16H21NO8S/c1-4-5-6-13(14(18)19)17-26(22,23)12-8-10(15(20)24-2)7-11(9-12)16(21)25-3/h7-9,13,17H,4-6H2,1-3H3,(H,18,19)/t13-/m0/s1. The Hall–Kier alpha value is -2.46. The largest absolute Gasteiger partial charge is 0.480 e. The summed E-state index contributed by atoms with van der Waals surface area (Å²) in [6, 6.07) is 1.80. The van der Waals surface area contributed by atoms with Gasteiger partial charge in [0.1, 0.15) is 6.04 Å². The van der Waals surface area contributed by atoms with Crippen molar-refractivity contribution in [2.45, 2.75) is 37.1 Å². The number of unbranched alkanes of at least 4 members (excludes halogenated alkanes) is 1. The highest BCUT2D eigenvalue weighted by Crippen LogP contribution is 2.18. The number of nitrogens with one attached hydrogen (secondary N) is 1. The Morgan fingerprint density at radius 2 is 1.58 bits per heavy atom. The summed E-state index contributed by atoms with van der Waals surface area (Å²) >= 11 is 0. The number of ether oxygens (including phenoxy) is 2. The van der Waals surface area contributed by atoms with E-state index in [2.05, 4.69) is 14.2 Å². The molecule has 0 aliphatic heterocycles. The fourth-order valence-electron chi connectivity index (χ4n) is 2.12. The quantitative estimate of drug-likeness (QED) is 0.603. The van der Waals surface area contributed by atoms with Gasteiger partial charge in [0.15, 0.2) is 0 Å². The van der Waals surface area contributed by atoms with Crippen LogP contribution in [0.4, 0.5) is 0 Å². The normalized spacial score (nSPS) is 12.3. The SMILES string of the molecule is CCCC[C@H](NS(=O)(=O)c1cc(C(=O)OC)cc(C(=O)OC)c1)C(=O)O. The van der Waals surface area contributed by atoms with E-state index in [-0.39, 0.29) is 17.5 Å². The fraction of sp³-hybridized carbons (Fsp3) is 0.438. The van der Waals surface area contributed by atoms with E-state index in [4.69, 9.17) is 0 Å². The zero-order valence-corrected chi connectivity index (χ0v) is 15.5. The lowest BCUT2D eigenvalue weighted by atomic mass is 10.1. The van der Waals surface area contributed by atoms with Gasteiger partial charge in [-0.2, -0.15) is 4.72 Å². The molecule has 0 aromatic heterocycles. The molecule has 0 saturated heterocycles. The van der Waals surface area contributed by atoms with Crippen LogP contribution in [0.25, 0.3) is 0 Å². The monoisotopic (exact) mass is 387 g/mol. The molecule has 0 aliphatic carbocycles. The molecule has 0 amide bonds. The van der Waals surface area contributed by atoms with Crippen molar-refractivity contribution in [3.8, 4) is 0 Å². The summed E-state index contributed by atoms with van der Waals surface area (Å²) in [5.74, 6) is -3.03. The number of carbonyl (C=O) groups excluding carboxylic acids is 2. The lowest BCUT2D eigenvalue weighted by Gasteiger charge is -2.15. The van der Waals surface area contributed by atoms with Gasteiger partial charge >= 0.3 is 17.9 Å². The van der Waals surface area contributed by atoms with E-state index in [9.17, 15) is 27.9 Å². The van der Waals surface area contributed by atoms with Crippen molar-refractivity contribution in [2.24, 2.45) is 0 Å². The van der Waals surface area contributed by atoms with Crippen LogP contribution >= 0.6 is 0 Å². The van der Waals surface area contributed by atoms with E-state index in [0.717, 1.165) is 32.4 Å². The van der Waals surface area contributed by atoms with Crippen LogP contribution in [-0.4, -0.2) is 51.7 Å². The minimum atomic E-state index is -4.31. The van der Waals surface area contributed by atoms with Crippen LogP contribution in [0.5, 0.6) is 0 Å². The number of aliphatic carboxylic acids is 1. The maximum atomic E-state index is 12.6. The number of methoxy groups -OCH3 is 2. The van der Waals surface area contributed by atoms with E-state index in [1.54, 1.807) is 0 Å². The molecule has 0 bridgehead atoms. The summed E-state index contributed by atoms with van der Waals surface area (Å²) in [4.78, 5) is 34.3. The first-order valence-electron chi connectivity index (χ1n) is 7.73. The van der Waals surface area contributed by atoms with Crippen LogP contribution < -0.4 is 4.72 Å². The molecule has 0 spiro atoms. The smallest absolute Gasteiger partial charge is 0.337 e. The number of hydrogen-bond donors (Lipinski definition) is 2. The maximum Gasteiger partial charge on any atom is 0.337 e. The van der Waals surface area contributed by atoms with Crippen LogP contribution in [0.1, 0.15) is 46.9 Å². The van der Waals surface area contributed by atoms with Crippen molar-refractivity contribution in [1.29, 1.82) is 0 Å². The van der Waals surface area contributed by atoms with Gasteiger partial charge < -0.3 is 14.6 Å². The molecule has 2 N–H and O–H groups in total. The second-order valence-corrected chi connectivity index (χ2v) is 7.10. The second-order valence-electron chi connectivity index (χ2n) is 5.38. The average molecular weight is 387 g/mol. The summed E-state index contributed by atoms with van der Waals surface area (Å²) in [5.41, 5.74) is -0.368. The first kappa shape index (κ1) is 21.6. The van der Waals surface area contributed by atoms with Gasteiger partial charge in [0, 0.05) is 0 Å². The average Bonchev–Trinajstić information content (AvgIpc) is 2.62. The Balaban J connectivity index is 3.34. The van der Waals surface area contributed by atoms with E-state index in [1.165, 1.54) is 0 Å². The van der Waals surface area contributed by atoms with Gasteiger partial charge in [-0.3, -0.25) is 4.79 Å². The molecule has 0 aliphatic rings. The maximum absolute atomic E-state index is 12.6. The third-order valence-corrected chi connectivity index (χ3v) is 4.95. The molecule has 1 atom stereocenters. The third-order valence-electron chi connectivity index (χ3n) is 3.50.